The molecule has 2 rings (SSSR count). The van der Waals surface area contributed by atoms with Crippen molar-refractivity contribution in [1.82, 2.24) is 9.55 Å². The lowest BCUT2D eigenvalue weighted by Gasteiger charge is -2.10. The van der Waals surface area contributed by atoms with Gasteiger partial charge in [0.25, 0.3) is 5.56 Å². The fourth-order valence-corrected chi connectivity index (χ4v) is 1.92. The van der Waals surface area contributed by atoms with Crippen molar-refractivity contribution in [1.29, 1.82) is 0 Å². The molecule has 0 fully saturated rings. The highest BCUT2D eigenvalue weighted by Crippen LogP contribution is 2.19. The van der Waals surface area contributed by atoms with Gasteiger partial charge in [0.1, 0.15) is 5.75 Å². The molecule has 1 aromatic carbocycles. The molecule has 2 N–H and O–H groups in total. The van der Waals surface area contributed by atoms with Gasteiger partial charge in [0.15, 0.2) is 0 Å². The summed E-state index contributed by atoms with van der Waals surface area (Å²) in [5, 5.41) is 0. The quantitative estimate of drug-likeness (QED) is 0.891. The highest BCUT2D eigenvalue weighted by atomic mass is 16.5. The Morgan fingerprint density at radius 3 is 2.79 bits per heavy atom. The molecule has 0 bridgehead atoms. The summed E-state index contributed by atoms with van der Waals surface area (Å²) in [6.07, 6.45) is 1.56. The molecule has 0 atom stereocenters. The first-order valence-electron chi connectivity index (χ1n) is 6.03. The van der Waals surface area contributed by atoms with Crippen LogP contribution in [0.15, 0.2) is 35.4 Å². The van der Waals surface area contributed by atoms with E-state index in [9.17, 15) is 4.79 Å². The average Bonchev–Trinajstić information content (AvgIpc) is 2.41. The Bertz CT molecular complexity index is 635. The second-order valence-electron chi connectivity index (χ2n) is 4.35. The lowest BCUT2D eigenvalue weighted by Crippen LogP contribution is -2.20. The van der Waals surface area contributed by atoms with Gasteiger partial charge >= 0.3 is 0 Å². The molecule has 0 aliphatic rings. The summed E-state index contributed by atoms with van der Waals surface area (Å²) in [5.74, 6) is 0.764. The molecule has 0 aliphatic carbocycles. The summed E-state index contributed by atoms with van der Waals surface area (Å²) in [4.78, 5) is 15.9. The summed E-state index contributed by atoms with van der Waals surface area (Å²) in [5.41, 5.74) is 8.26. The van der Waals surface area contributed by atoms with Crippen LogP contribution < -0.4 is 16.0 Å². The van der Waals surface area contributed by atoms with Crippen molar-refractivity contribution < 1.29 is 4.74 Å². The number of aryl methyl sites for hydroxylation is 1. The third-order valence-corrected chi connectivity index (χ3v) is 2.93. The number of nitrogens with zero attached hydrogens (tertiary/aromatic N) is 2. The third kappa shape index (κ3) is 3.00. The predicted molar refractivity (Wildman–Crippen MR) is 73.2 cm³/mol. The van der Waals surface area contributed by atoms with Gasteiger partial charge in [-0.05, 0) is 24.6 Å². The first-order chi connectivity index (χ1) is 9.13. The van der Waals surface area contributed by atoms with Gasteiger partial charge in [0.05, 0.1) is 20.0 Å². The Hall–Kier alpha value is -2.14. The molecular weight excluding hydrogens is 242 g/mol. The minimum absolute atomic E-state index is 0.0578. The number of ether oxygens (including phenoxy) is 1. The zero-order chi connectivity index (χ0) is 13.8. The van der Waals surface area contributed by atoms with Crippen molar-refractivity contribution in [3.05, 3.63) is 57.8 Å². The van der Waals surface area contributed by atoms with Crippen molar-refractivity contribution in [3.8, 4) is 5.75 Å². The lowest BCUT2D eigenvalue weighted by molar-refractivity contribution is 0.409. The minimum atomic E-state index is -0.0578. The Balaban J connectivity index is 2.30. The van der Waals surface area contributed by atoms with E-state index in [0.29, 0.717) is 13.1 Å². The molecule has 19 heavy (non-hydrogen) atoms. The van der Waals surface area contributed by atoms with Crippen LogP contribution in [0.3, 0.4) is 0 Å². The number of methoxy groups -OCH3 is 1. The van der Waals surface area contributed by atoms with Crippen LogP contribution in [0.25, 0.3) is 0 Å². The van der Waals surface area contributed by atoms with Crippen molar-refractivity contribution in [3.63, 3.8) is 0 Å². The van der Waals surface area contributed by atoms with Crippen molar-refractivity contribution >= 4 is 0 Å². The van der Waals surface area contributed by atoms with Crippen molar-refractivity contribution in [2.75, 3.05) is 7.11 Å². The van der Waals surface area contributed by atoms with Gasteiger partial charge < -0.3 is 10.5 Å². The highest BCUT2D eigenvalue weighted by molar-refractivity contribution is 5.37. The van der Waals surface area contributed by atoms with Crippen LogP contribution >= 0.6 is 0 Å². The van der Waals surface area contributed by atoms with Gasteiger partial charge in [-0.3, -0.25) is 9.36 Å². The molecule has 1 heterocycles. The van der Waals surface area contributed by atoms with Crippen LogP contribution in [0, 0.1) is 6.92 Å². The first kappa shape index (κ1) is 13.3. The van der Waals surface area contributed by atoms with E-state index in [-0.39, 0.29) is 5.56 Å². The lowest BCUT2D eigenvalue weighted by atomic mass is 10.1. The van der Waals surface area contributed by atoms with Gasteiger partial charge in [-0.1, -0.05) is 6.07 Å². The van der Waals surface area contributed by atoms with E-state index in [1.807, 2.05) is 18.2 Å². The van der Waals surface area contributed by atoms with E-state index in [1.54, 1.807) is 24.9 Å². The monoisotopic (exact) mass is 259 g/mol. The maximum atomic E-state index is 11.8. The van der Waals surface area contributed by atoms with Crippen molar-refractivity contribution in [2.45, 2.75) is 20.0 Å². The number of rotatable bonds is 4. The molecule has 100 valence electrons. The van der Waals surface area contributed by atoms with Crippen LogP contribution in [0.4, 0.5) is 0 Å². The Morgan fingerprint density at radius 2 is 2.16 bits per heavy atom. The Morgan fingerprint density at radius 1 is 1.37 bits per heavy atom. The van der Waals surface area contributed by atoms with E-state index in [0.717, 1.165) is 22.6 Å². The first-order valence-corrected chi connectivity index (χ1v) is 6.03. The van der Waals surface area contributed by atoms with E-state index in [2.05, 4.69) is 4.98 Å². The average molecular weight is 259 g/mol. The molecule has 0 saturated heterocycles. The molecule has 1 aromatic heterocycles. The summed E-state index contributed by atoms with van der Waals surface area (Å²) >= 11 is 0. The SMILES string of the molecule is COc1ccc(Cn2cnc(C)cc2=O)cc1CN. The molecule has 0 radical (unpaired) electrons. The van der Waals surface area contributed by atoms with E-state index < -0.39 is 0 Å². The largest absolute Gasteiger partial charge is 0.496 e. The molecular formula is C14H17N3O2. The summed E-state index contributed by atoms with van der Waals surface area (Å²) in [6, 6.07) is 7.26. The summed E-state index contributed by atoms with van der Waals surface area (Å²) < 4.78 is 6.78. The second-order valence-corrected chi connectivity index (χ2v) is 4.35. The predicted octanol–water partition coefficient (Wildman–Crippen LogP) is 1.07. The van der Waals surface area contributed by atoms with Gasteiger partial charge in [0, 0.05) is 23.9 Å². The molecule has 0 amide bonds. The molecule has 5 heteroatoms. The van der Waals surface area contributed by atoms with E-state index >= 15 is 0 Å². The summed E-state index contributed by atoms with van der Waals surface area (Å²) in [6.45, 7) is 2.67. The summed E-state index contributed by atoms with van der Waals surface area (Å²) in [7, 11) is 1.61. The maximum Gasteiger partial charge on any atom is 0.253 e. The fraction of sp³-hybridized carbons (Fsp3) is 0.286. The van der Waals surface area contributed by atoms with E-state index in [1.165, 1.54) is 6.07 Å². The van der Waals surface area contributed by atoms with Crippen LogP contribution in [-0.4, -0.2) is 16.7 Å². The van der Waals surface area contributed by atoms with Gasteiger partial charge in [-0.15, -0.1) is 0 Å². The van der Waals surface area contributed by atoms with Gasteiger partial charge in [0.2, 0.25) is 0 Å². The standard InChI is InChI=1S/C14H17N3O2/c1-10-5-14(18)17(9-16-10)8-11-3-4-13(19-2)12(6-11)7-15/h3-6,9H,7-8,15H2,1-2H3. The van der Waals surface area contributed by atoms with Crippen LogP contribution in [0.2, 0.25) is 0 Å². The van der Waals surface area contributed by atoms with Gasteiger partial charge in [-0.2, -0.15) is 0 Å². The van der Waals surface area contributed by atoms with Crippen LogP contribution in [-0.2, 0) is 13.1 Å². The third-order valence-electron chi connectivity index (χ3n) is 2.93. The number of benzene rings is 1. The molecule has 2 aromatic rings. The number of hydrogen-bond donors (Lipinski definition) is 1. The highest BCUT2D eigenvalue weighted by Gasteiger charge is 2.04. The van der Waals surface area contributed by atoms with Crippen molar-refractivity contribution in [2.24, 2.45) is 5.73 Å². The van der Waals surface area contributed by atoms with Gasteiger partial charge in [-0.25, -0.2) is 4.98 Å². The second kappa shape index (κ2) is 5.67. The number of aromatic nitrogens is 2. The minimum Gasteiger partial charge on any atom is -0.496 e. The molecule has 0 aliphatic heterocycles. The molecule has 5 nitrogen and oxygen atoms in total. The maximum absolute atomic E-state index is 11.8. The molecule has 0 saturated carbocycles. The zero-order valence-electron chi connectivity index (χ0n) is 11.1. The Kier molecular flexibility index (Phi) is 3.97. The van der Waals surface area contributed by atoms with Crippen LogP contribution in [0.1, 0.15) is 16.8 Å². The van der Waals surface area contributed by atoms with E-state index in [4.69, 9.17) is 10.5 Å². The zero-order valence-corrected chi connectivity index (χ0v) is 11.1. The number of nitrogens with two attached hydrogens (primary N) is 1. The number of hydrogen-bond acceptors (Lipinski definition) is 4. The normalized spacial score (nSPS) is 10.5. The Labute approximate surface area is 111 Å². The van der Waals surface area contributed by atoms with Crippen LogP contribution in [0.5, 0.6) is 5.75 Å². The smallest absolute Gasteiger partial charge is 0.253 e. The molecule has 0 spiro atoms. The topological polar surface area (TPSA) is 70.1 Å². The fourth-order valence-electron chi connectivity index (χ4n) is 1.92. The molecule has 0 unspecified atom stereocenters.